The summed E-state index contributed by atoms with van der Waals surface area (Å²) in [7, 11) is 0. The monoisotopic (exact) mass is 292 g/mol. The molecule has 1 aromatic rings. The molecule has 1 N–H and O–H groups in total. The first-order valence-corrected chi connectivity index (χ1v) is 7.23. The average molecular weight is 292 g/mol. The Kier molecular flexibility index (Phi) is 4.30. The highest BCUT2D eigenvalue weighted by molar-refractivity contribution is 5.99. The first-order chi connectivity index (χ1) is 9.86. The van der Waals surface area contributed by atoms with Gasteiger partial charge in [-0.05, 0) is 38.3 Å². The third-order valence-electron chi connectivity index (χ3n) is 3.88. The zero-order valence-electron chi connectivity index (χ0n) is 12.6. The zero-order chi connectivity index (χ0) is 15.6. The Bertz CT molecular complexity index is 557. The molecule has 4 nitrogen and oxygen atoms in total. The van der Waals surface area contributed by atoms with Crippen molar-refractivity contribution in [3.63, 3.8) is 0 Å². The van der Waals surface area contributed by atoms with Gasteiger partial charge in [-0.1, -0.05) is 25.1 Å². The molecule has 0 saturated carbocycles. The lowest BCUT2D eigenvalue weighted by Crippen LogP contribution is -2.68. The Morgan fingerprint density at radius 3 is 2.57 bits per heavy atom. The third-order valence-corrected chi connectivity index (χ3v) is 3.88. The van der Waals surface area contributed by atoms with Crippen molar-refractivity contribution in [2.75, 3.05) is 6.54 Å². The van der Waals surface area contributed by atoms with Crippen LogP contribution < -0.4 is 5.32 Å². The Morgan fingerprint density at radius 2 is 1.95 bits per heavy atom. The van der Waals surface area contributed by atoms with E-state index in [9.17, 15) is 14.0 Å². The van der Waals surface area contributed by atoms with Crippen LogP contribution >= 0.6 is 0 Å². The molecule has 1 unspecified atom stereocenters. The fourth-order valence-corrected chi connectivity index (χ4v) is 2.69. The number of nitrogens with zero attached hydrogens (tertiary/aromatic N) is 1. The molecule has 5 heteroatoms. The molecule has 1 saturated heterocycles. The van der Waals surface area contributed by atoms with Gasteiger partial charge in [0.05, 0.1) is 0 Å². The van der Waals surface area contributed by atoms with Crippen LogP contribution in [0, 0.1) is 5.82 Å². The number of rotatable bonds is 4. The van der Waals surface area contributed by atoms with Crippen LogP contribution in [0.15, 0.2) is 24.3 Å². The van der Waals surface area contributed by atoms with Gasteiger partial charge < -0.3 is 10.2 Å². The highest BCUT2D eigenvalue weighted by Crippen LogP contribution is 2.20. The molecule has 1 fully saturated rings. The van der Waals surface area contributed by atoms with Gasteiger partial charge >= 0.3 is 0 Å². The lowest BCUT2D eigenvalue weighted by molar-refractivity contribution is -0.153. The van der Waals surface area contributed by atoms with Crippen LogP contribution in [0.3, 0.4) is 0 Å². The first kappa shape index (κ1) is 15.5. The van der Waals surface area contributed by atoms with Gasteiger partial charge in [-0.3, -0.25) is 9.59 Å². The van der Waals surface area contributed by atoms with E-state index in [-0.39, 0.29) is 17.6 Å². The highest BCUT2D eigenvalue weighted by Gasteiger charge is 2.44. The number of amides is 2. The third kappa shape index (κ3) is 3.06. The summed E-state index contributed by atoms with van der Waals surface area (Å²) >= 11 is 0. The lowest BCUT2D eigenvalue weighted by atomic mass is 9.95. The Morgan fingerprint density at radius 1 is 1.29 bits per heavy atom. The van der Waals surface area contributed by atoms with Gasteiger partial charge in [0.1, 0.15) is 17.4 Å². The van der Waals surface area contributed by atoms with Crippen LogP contribution in [-0.4, -0.2) is 34.8 Å². The summed E-state index contributed by atoms with van der Waals surface area (Å²) in [6.45, 7) is 5.59. The summed E-state index contributed by atoms with van der Waals surface area (Å²) in [6.07, 6.45) is 0.948. The van der Waals surface area contributed by atoms with Crippen LogP contribution in [0.4, 0.5) is 4.39 Å². The number of piperazine rings is 1. The van der Waals surface area contributed by atoms with E-state index < -0.39 is 11.6 Å². The van der Waals surface area contributed by atoms with Crippen molar-refractivity contribution in [3.05, 3.63) is 35.6 Å². The van der Waals surface area contributed by atoms with Crippen molar-refractivity contribution in [1.29, 1.82) is 0 Å². The molecule has 21 heavy (non-hydrogen) atoms. The predicted octanol–water partition coefficient (Wildman–Crippen LogP) is 1.88. The molecule has 2 amide bonds. The number of hydrogen-bond acceptors (Lipinski definition) is 2. The Hall–Kier alpha value is -1.91. The molecule has 1 aromatic carbocycles. The van der Waals surface area contributed by atoms with Crippen molar-refractivity contribution >= 4 is 11.8 Å². The molecule has 0 aromatic heterocycles. The van der Waals surface area contributed by atoms with E-state index in [2.05, 4.69) is 5.32 Å². The summed E-state index contributed by atoms with van der Waals surface area (Å²) in [6, 6.07) is 6.04. The fourth-order valence-electron chi connectivity index (χ4n) is 2.69. The number of carbonyl (C=O) groups excluding carboxylic acids is 2. The molecule has 114 valence electrons. The minimum Gasteiger partial charge on any atom is -0.340 e. The molecule has 0 spiro atoms. The second kappa shape index (κ2) is 5.84. The van der Waals surface area contributed by atoms with Gasteiger partial charge in [0.15, 0.2) is 0 Å². The maximum atomic E-state index is 13.7. The molecular weight excluding hydrogens is 271 g/mol. The van der Waals surface area contributed by atoms with Gasteiger partial charge in [0.2, 0.25) is 11.8 Å². The number of halogens is 1. The molecule has 1 aliphatic rings. The van der Waals surface area contributed by atoms with Gasteiger partial charge in [0, 0.05) is 6.54 Å². The predicted molar refractivity (Wildman–Crippen MR) is 78.1 cm³/mol. The van der Waals surface area contributed by atoms with Crippen molar-refractivity contribution < 1.29 is 14.0 Å². The van der Waals surface area contributed by atoms with Crippen molar-refractivity contribution in [2.45, 2.75) is 45.2 Å². The summed E-state index contributed by atoms with van der Waals surface area (Å²) in [5.74, 6) is -0.542. The van der Waals surface area contributed by atoms with E-state index in [1.165, 1.54) is 6.07 Å². The van der Waals surface area contributed by atoms with Crippen molar-refractivity contribution in [2.24, 2.45) is 0 Å². The number of benzene rings is 1. The second-order valence-corrected chi connectivity index (χ2v) is 5.88. The normalized spacial score (nSPS) is 21.3. The standard InChI is InChI=1S/C16H21FN2O2/c1-4-13-14(20)18-16(2,3)15(21)19(13)10-9-11-7-5-6-8-12(11)17/h5-8,13H,4,9-10H2,1-3H3,(H,18,20). The van der Waals surface area contributed by atoms with E-state index in [4.69, 9.17) is 0 Å². The van der Waals surface area contributed by atoms with Gasteiger partial charge in [0.25, 0.3) is 0 Å². The van der Waals surface area contributed by atoms with Crippen molar-refractivity contribution in [1.82, 2.24) is 10.2 Å². The van der Waals surface area contributed by atoms with Crippen LogP contribution in [0.25, 0.3) is 0 Å². The molecular formula is C16H21FN2O2. The smallest absolute Gasteiger partial charge is 0.248 e. The van der Waals surface area contributed by atoms with Crippen LogP contribution in [0.2, 0.25) is 0 Å². The van der Waals surface area contributed by atoms with Gasteiger partial charge in [-0.2, -0.15) is 0 Å². The molecule has 0 bridgehead atoms. The SMILES string of the molecule is CCC1C(=O)NC(C)(C)C(=O)N1CCc1ccccc1F. The summed E-state index contributed by atoms with van der Waals surface area (Å²) < 4.78 is 13.7. The first-order valence-electron chi connectivity index (χ1n) is 7.23. The molecule has 1 atom stereocenters. The fraction of sp³-hybridized carbons (Fsp3) is 0.500. The summed E-state index contributed by atoms with van der Waals surface area (Å²) in [4.78, 5) is 26.2. The van der Waals surface area contributed by atoms with E-state index >= 15 is 0 Å². The molecule has 2 rings (SSSR count). The summed E-state index contributed by atoms with van der Waals surface area (Å²) in [5, 5.41) is 2.74. The molecule has 1 heterocycles. The minimum atomic E-state index is -0.905. The highest BCUT2D eigenvalue weighted by atomic mass is 19.1. The number of carbonyl (C=O) groups is 2. The molecule has 0 aliphatic carbocycles. The maximum Gasteiger partial charge on any atom is 0.248 e. The summed E-state index contributed by atoms with van der Waals surface area (Å²) in [5.41, 5.74) is -0.346. The minimum absolute atomic E-state index is 0.120. The van der Waals surface area contributed by atoms with Gasteiger partial charge in [-0.25, -0.2) is 4.39 Å². The van der Waals surface area contributed by atoms with E-state index in [1.807, 2.05) is 6.92 Å². The quantitative estimate of drug-likeness (QED) is 0.921. The van der Waals surface area contributed by atoms with E-state index in [0.29, 0.717) is 24.9 Å². The van der Waals surface area contributed by atoms with Gasteiger partial charge in [-0.15, -0.1) is 0 Å². The van der Waals surface area contributed by atoms with Crippen LogP contribution in [0.5, 0.6) is 0 Å². The second-order valence-electron chi connectivity index (χ2n) is 5.88. The van der Waals surface area contributed by atoms with E-state index in [1.54, 1.807) is 36.9 Å². The largest absolute Gasteiger partial charge is 0.340 e. The number of nitrogens with one attached hydrogen (secondary N) is 1. The van der Waals surface area contributed by atoms with Crippen LogP contribution in [0.1, 0.15) is 32.8 Å². The average Bonchev–Trinajstić information content (AvgIpc) is 2.42. The Balaban J connectivity index is 2.17. The Labute approximate surface area is 124 Å². The lowest BCUT2D eigenvalue weighted by Gasteiger charge is -2.42. The van der Waals surface area contributed by atoms with Crippen LogP contribution in [-0.2, 0) is 16.0 Å². The maximum absolute atomic E-state index is 13.7. The molecule has 0 radical (unpaired) electrons. The van der Waals surface area contributed by atoms with E-state index in [0.717, 1.165) is 0 Å². The topological polar surface area (TPSA) is 49.4 Å². The zero-order valence-corrected chi connectivity index (χ0v) is 12.6. The number of hydrogen-bond donors (Lipinski definition) is 1. The van der Waals surface area contributed by atoms with Crippen molar-refractivity contribution in [3.8, 4) is 0 Å². The molecule has 1 aliphatic heterocycles.